The van der Waals surface area contributed by atoms with Crippen molar-refractivity contribution in [3.63, 3.8) is 0 Å². The minimum atomic E-state index is 0.227. The van der Waals surface area contributed by atoms with Crippen LogP contribution in [0.2, 0.25) is 0 Å². The number of aryl methyl sites for hydroxylation is 3. The maximum Gasteiger partial charge on any atom is 0.236 e. The molecular weight excluding hydrogens is 308 g/mol. The molecule has 1 fully saturated rings. The first kappa shape index (κ1) is 16.5. The number of hydrogen-bond acceptors (Lipinski definition) is 4. The number of thiazole rings is 1. The van der Waals surface area contributed by atoms with E-state index in [9.17, 15) is 4.79 Å². The fourth-order valence-electron chi connectivity index (χ4n) is 3.47. The van der Waals surface area contributed by atoms with E-state index in [2.05, 4.69) is 25.2 Å². The van der Waals surface area contributed by atoms with Gasteiger partial charge in [-0.3, -0.25) is 9.20 Å². The molecule has 2 aromatic rings. The van der Waals surface area contributed by atoms with Crippen LogP contribution in [0.1, 0.15) is 40.8 Å². The fraction of sp³-hybridized carbons (Fsp3) is 0.647. The van der Waals surface area contributed by atoms with Crippen molar-refractivity contribution in [1.29, 1.82) is 0 Å². The van der Waals surface area contributed by atoms with Crippen molar-refractivity contribution in [3.05, 3.63) is 22.1 Å². The Balaban J connectivity index is 1.87. The second kappa shape index (κ2) is 6.24. The van der Waals surface area contributed by atoms with Gasteiger partial charge in [-0.25, -0.2) is 4.98 Å². The van der Waals surface area contributed by atoms with E-state index in [0.717, 1.165) is 31.8 Å². The summed E-state index contributed by atoms with van der Waals surface area (Å²) in [5.74, 6) is 1.65. The molecule has 0 N–H and O–H groups in total. The molecule has 0 bridgehead atoms. The van der Waals surface area contributed by atoms with Crippen molar-refractivity contribution >= 4 is 22.1 Å². The molecule has 126 valence electrons. The summed E-state index contributed by atoms with van der Waals surface area (Å²) in [7, 11) is 3.89. The van der Waals surface area contributed by atoms with Crippen LogP contribution in [-0.2, 0) is 4.79 Å². The summed E-state index contributed by atoms with van der Waals surface area (Å²) in [5, 5.41) is 0. The average molecular weight is 334 g/mol. The number of carbonyl (C=O) groups is 1. The Morgan fingerprint density at radius 2 is 2.09 bits per heavy atom. The van der Waals surface area contributed by atoms with Crippen LogP contribution in [0.4, 0.5) is 0 Å². The highest BCUT2D eigenvalue weighted by atomic mass is 32.1. The summed E-state index contributed by atoms with van der Waals surface area (Å²) in [4.78, 5) is 23.8. The Hall–Kier alpha value is -1.40. The molecular formula is C17H26N4OS. The highest BCUT2D eigenvalue weighted by molar-refractivity contribution is 7.17. The summed E-state index contributed by atoms with van der Waals surface area (Å²) in [6, 6.07) is 0. The van der Waals surface area contributed by atoms with Gasteiger partial charge in [-0.15, -0.1) is 11.3 Å². The largest absolute Gasteiger partial charge is 0.341 e. The number of imidazole rings is 1. The van der Waals surface area contributed by atoms with E-state index in [1.165, 1.54) is 21.1 Å². The zero-order valence-electron chi connectivity index (χ0n) is 14.7. The number of hydrogen-bond donors (Lipinski definition) is 0. The van der Waals surface area contributed by atoms with Crippen LogP contribution >= 0.6 is 11.3 Å². The van der Waals surface area contributed by atoms with Crippen LogP contribution in [-0.4, -0.2) is 58.8 Å². The number of nitrogens with zero attached hydrogens (tertiary/aromatic N) is 4. The number of aromatic nitrogens is 2. The number of carbonyl (C=O) groups excluding carboxylic acids is 1. The van der Waals surface area contributed by atoms with E-state index in [1.807, 2.05) is 35.2 Å². The molecule has 1 atom stereocenters. The first-order valence-electron chi connectivity index (χ1n) is 8.26. The minimum Gasteiger partial charge on any atom is -0.341 e. The smallest absolute Gasteiger partial charge is 0.236 e. The molecule has 6 heteroatoms. The average Bonchev–Trinajstić information content (AvgIpc) is 2.97. The standard InChI is InChI=1S/C17H26N4OS/c1-11-12(2)23-17-16(18-13(3)21(11)17)14-7-6-8-20(9-14)15(22)10-19(4)5/h14H,6-10H2,1-5H3/t14-/m1/s1. The molecule has 0 spiro atoms. The SMILES string of the molecule is Cc1sc2c([C@@H]3CCCN(C(=O)CN(C)C)C3)nc(C)n2c1C. The van der Waals surface area contributed by atoms with Gasteiger partial charge in [0.25, 0.3) is 0 Å². The predicted octanol–water partition coefficient (Wildman–Crippen LogP) is 2.59. The lowest BCUT2D eigenvalue weighted by Gasteiger charge is -2.32. The molecule has 23 heavy (non-hydrogen) atoms. The van der Waals surface area contributed by atoms with Crippen LogP contribution in [0, 0.1) is 20.8 Å². The van der Waals surface area contributed by atoms with Crippen molar-refractivity contribution < 1.29 is 4.79 Å². The van der Waals surface area contributed by atoms with Crippen LogP contribution in [0.15, 0.2) is 0 Å². The van der Waals surface area contributed by atoms with Crippen molar-refractivity contribution in [3.8, 4) is 0 Å². The summed E-state index contributed by atoms with van der Waals surface area (Å²) in [5.41, 5.74) is 2.48. The lowest BCUT2D eigenvalue weighted by Crippen LogP contribution is -2.43. The second-order valence-electron chi connectivity index (χ2n) is 6.85. The monoisotopic (exact) mass is 334 g/mol. The van der Waals surface area contributed by atoms with Crippen molar-refractivity contribution in [2.75, 3.05) is 33.7 Å². The van der Waals surface area contributed by atoms with Crippen molar-refractivity contribution in [2.45, 2.75) is 39.5 Å². The maximum absolute atomic E-state index is 12.4. The molecule has 3 rings (SSSR count). The van der Waals surface area contributed by atoms with E-state index in [-0.39, 0.29) is 5.91 Å². The zero-order chi connectivity index (χ0) is 16.7. The Morgan fingerprint density at radius 1 is 1.35 bits per heavy atom. The third-order valence-corrected chi connectivity index (χ3v) is 5.92. The topological polar surface area (TPSA) is 40.9 Å². The summed E-state index contributed by atoms with van der Waals surface area (Å²) in [6.45, 7) is 8.57. The fourth-order valence-corrected chi connectivity index (χ4v) is 4.67. The highest BCUT2D eigenvalue weighted by Crippen LogP contribution is 2.34. The van der Waals surface area contributed by atoms with E-state index >= 15 is 0 Å². The summed E-state index contributed by atoms with van der Waals surface area (Å²) >= 11 is 1.83. The number of rotatable bonds is 3. The molecule has 0 unspecified atom stereocenters. The maximum atomic E-state index is 12.4. The molecule has 0 radical (unpaired) electrons. The number of likely N-dealkylation sites (N-methyl/N-ethyl adjacent to an activating group) is 1. The molecule has 2 aromatic heterocycles. The number of fused-ring (bicyclic) bond motifs is 1. The van der Waals surface area contributed by atoms with E-state index in [4.69, 9.17) is 4.98 Å². The molecule has 1 amide bonds. The number of amides is 1. The predicted molar refractivity (Wildman–Crippen MR) is 94.4 cm³/mol. The van der Waals surface area contributed by atoms with Crippen LogP contribution in [0.3, 0.4) is 0 Å². The molecule has 0 aliphatic carbocycles. The van der Waals surface area contributed by atoms with Gasteiger partial charge in [0.1, 0.15) is 10.7 Å². The first-order chi connectivity index (χ1) is 10.9. The Bertz CT molecular complexity index is 731. The molecule has 0 aromatic carbocycles. The minimum absolute atomic E-state index is 0.227. The normalized spacial score (nSPS) is 19.0. The van der Waals surface area contributed by atoms with Crippen LogP contribution < -0.4 is 0 Å². The van der Waals surface area contributed by atoms with Gasteiger partial charge in [0.2, 0.25) is 5.91 Å². The second-order valence-corrected chi connectivity index (χ2v) is 8.05. The van der Waals surface area contributed by atoms with E-state index < -0.39 is 0 Å². The van der Waals surface area contributed by atoms with Gasteiger partial charge in [-0.2, -0.15) is 0 Å². The van der Waals surface area contributed by atoms with Crippen LogP contribution in [0.25, 0.3) is 4.83 Å². The van der Waals surface area contributed by atoms with Gasteiger partial charge in [-0.1, -0.05) is 0 Å². The van der Waals surface area contributed by atoms with E-state index in [1.54, 1.807) is 0 Å². The lowest BCUT2D eigenvalue weighted by molar-refractivity contribution is -0.133. The quantitative estimate of drug-likeness (QED) is 0.866. The Labute approximate surface area is 141 Å². The first-order valence-corrected chi connectivity index (χ1v) is 9.07. The summed E-state index contributed by atoms with van der Waals surface area (Å²) < 4.78 is 2.27. The van der Waals surface area contributed by atoms with Crippen molar-refractivity contribution in [1.82, 2.24) is 19.2 Å². The molecule has 1 aliphatic heterocycles. The molecule has 1 saturated heterocycles. The lowest BCUT2D eigenvalue weighted by atomic mass is 9.95. The van der Waals surface area contributed by atoms with Gasteiger partial charge >= 0.3 is 0 Å². The molecule has 1 aliphatic rings. The summed E-state index contributed by atoms with van der Waals surface area (Å²) in [6.07, 6.45) is 2.18. The Kier molecular flexibility index (Phi) is 4.47. The van der Waals surface area contributed by atoms with Gasteiger partial charge < -0.3 is 9.80 Å². The third-order valence-electron chi connectivity index (χ3n) is 4.74. The number of likely N-dealkylation sites (tertiary alicyclic amines) is 1. The van der Waals surface area contributed by atoms with Gasteiger partial charge in [0.15, 0.2) is 0 Å². The van der Waals surface area contributed by atoms with Gasteiger partial charge in [0.05, 0.1) is 12.2 Å². The van der Waals surface area contributed by atoms with E-state index in [0.29, 0.717) is 12.5 Å². The van der Waals surface area contributed by atoms with Crippen molar-refractivity contribution in [2.24, 2.45) is 0 Å². The van der Waals surface area contributed by atoms with Crippen LogP contribution in [0.5, 0.6) is 0 Å². The molecule has 3 heterocycles. The zero-order valence-corrected chi connectivity index (χ0v) is 15.5. The highest BCUT2D eigenvalue weighted by Gasteiger charge is 2.29. The van der Waals surface area contributed by atoms with Gasteiger partial charge in [0, 0.05) is 29.6 Å². The number of piperidine rings is 1. The Morgan fingerprint density at radius 3 is 2.78 bits per heavy atom. The van der Waals surface area contributed by atoms with Gasteiger partial charge in [-0.05, 0) is 47.7 Å². The third kappa shape index (κ3) is 3.02. The molecule has 0 saturated carbocycles. The molecule has 5 nitrogen and oxygen atoms in total.